The van der Waals surface area contributed by atoms with Crippen molar-refractivity contribution in [3.05, 3.63) is 36.3 Å². The fourth-order valence-electron chi connectivity index (χ4n) is 1.24. The Hall–Kier alpha value is -1.31. The highest BCUT2D eigenvalue weighted by Gasteiger charge is 1.97. The van der Waals surface area contributed by atoms with E-state index in [0.29, 0.717) is 0 Å². The van der Waals surface area contributed by atoms with Gasteiger partial charge in [-0.2, -0.15) is 0 Å². The zero-order chi connectivity index (χ0) is 7.84. The van der Waals surface area contributed by atoms with E-state index in [9.17, 15) is 4.39 Å². The molecular formula is C9H8FN. The van der Waals surface area contributed by atoms with Crippen molar-refractivity contribution < 1.29 is 4.39 Å². The van der Waals surface area contributed by atoms with Gasteiger partial charge in [-0.05, 0) is 29.7 Å². The average Bonchev–Trinajstić information content (AvgIpc) is 2.33. The van der Waals surface area contributed by atoms with Gasteiger partial charge in [0.25, 0.3) is 0 Å². The van der Waals surface area contributed by atoms with E-state index >= 15 is 0 Å². The van der Waals surface area contributed by atoms with Crippen molar-refractivity contribution in [2.75, 3.05) is 0 Å². The van der Waals surface area contributed by atoms with Crippen LogP contribution in [-0.4, -0.2) is 4.57 Å². The first-order chi connectivity index (χ1) is 5.27. The van der Waals surface area contributed by atoms with Crippen molar-refractivity contribution in [3.8, 4) is 0 Å². The van der Waals surface area contributed by atoms with Crippen LogP contribution in [0.1, 0.15) is 0 Å². The molecule has 0 saturated heterocycles. The molecule has 2 aromatic rings. The SMILES string of the molecule is Cn1ccc2ccc(F)cc21. The van der Waals surface area contributed by atoms with E-state index in [0.717, 1.165) is 10.9 Å². The second kappa shape index (κ2) is 2.09. The minimum Gasteiger partial charge on any atom is -0.350 e. The minimum absolute atomic E-state index is 0.181. The van der Waals surface area contributed by atoms with Crippen LogP contribution >= 0.6 is 0 Å². The molecule has 2 rings (SSSR count). The molecule has 0 atom stereocenters. The Morgan fingerprint density at radius 1 is 1.27 bits per heavy atom. The standard InChI is InChI=1S/C9H8FN/c1-11-5-4-7-2-3-8(10)6-9(7)11/h2-6H,1H3. The van der Waals surface area contributed by atoms with Crippen molar-refractivity contribution in [3.63, 3.8) is 0 Å². The molecular weight excluding hydrogens is 141 g/mol. The summed E-state index contributed by atoms with van der Waals surface area (Å²) < 4.78 is 14.6. The number of fused-ring (bicyclic) bond motifs is 1. The van der Waals surface area contributed by atoms with Gasteiger partial charge in [0.2, 0.25) is 0 Å². The first-order valence-corrected chi connectivity index (χ1v) is 3.48. The van der Waals surface area contributed by atoms with Gasteiger partial charge in [0.1, 0.15) is 5.82 Å². The van der Waals surface area contributed by atoms with Gasteiger partial charge in [-0.3, -0.25) is 0 Å². The van der Waals surface area contributed by atoms with Crippen LogP contribution in [0.15, 0.2) is 30.5 Å². The Morgan fingerprint density at radius 3 is 2.91 bits per heavy atom. The first kappa shape index (κ1) is 6.40. The van der Waals surface area contributed by atoms with Crippen LogP contribution in [0.3, 0.4) is 0 Å². The molecule has 56 valence electrons. The summed E-state index contributed by atoms with van der Waals surface area (Å²) in [6.07, 6.45) is 1.92. The van der Waals surface area contributed by atoms with Crippen LogP contribution in [-0.2, 0) is 7.05 Å². The highest BCUT2D eigenvalue weighted by molar-refractivity contribution is 5.79. The van der Waals surface area contributed by atoms with Gasteiger partial charge in [-0.1, -0.05) is 0 Å². The zero-order valence-electron chi connectivity index (χ0n) is 6.21. The number of aromatic nitrogens is 1. The Balaban J connectivity index is 2.87. The molecule has 0 unspecified atom stereocenters. The molecule has 1 nitrogen and oxygen atoms in total. The number of nitrogens with zero attached hydrogens (tertiary/aromatic N) is 1. The van der Waals surface area contributed by atoms with E-state index in [2.05, 4.69) is 0 Å². The normalized spacial score (nSPS) is 10.7. The molecule has 1 aromatic heterocycles. The molecule has 0 bridgehead atoms. The molecule has 0 fully saturated rings. The van der Waals surface area contributed by atoms with Crippen LogP contribution < -0.4 is 0 Å². The molecule has 1 heterocycles. The Morgan fingerprint density at radius 2 is 2.09 bits per heavy atom. The van der Waals surface area contributed by atoms with Gasteiger partial charge in [-0.25, -0.2) is 4.39 Å². The number of hydrogen-bond donors (Lipinski definition) is 0. The van der Waals surface area contributed by atoms with Crippen molar-refractivity contribution >= 4 is 10.9 Å². The third-order valence-corrected chi connectivity index (χ3v) is 1.85. The Bertz CT molecular complexity index is 389. The van der Waals surface area contributed by atoms with Gasteiger partial charge >= 0.3 is 0 Å². The van der Waals surface area contributed by atoms with Crippen LogP contribution in [0.5, 0.6) is 0 Å². The second-order valence-electron chi connectivity index (χ2n) is 2.63. The van der Waals surface area contributed by atoms with E-state index in [1.165, 1.54) is 12.1 Å². The molecule has 0 radical (unpaired) electrons. The summed E-state index contributed by atoms with van der Waals surface area (Å²) in [5.74, 6) is -0.181. The van der Waals surface area contributed by atoms with Gasteiger partial charge in [0, 0.05) is 13.2 Å². The lowest BCUT2D eigenvalue weighted by atomic mass is 10.2. The van der Waals surface area contributed by atoms with Crippen LogP contribution in [0.4, 0.5) is 4.39 Å². The fourth-order valence-corrected chi connectivity index (χ4v) is 1.24. The molecule has 0 aliphatic heterocycles. The number of halogens is 1. The van der Waals surface area contributed by atoms with Gasteiger partial charge in [0.15, 0.2) is 0 Å². The number of hydrogen-bond acceptors (Lipinski definition) is 0. The Labute approximate surface area is 64.1 Å². The zero-order valence-corrected chi connectivity index (χ0v) is 6.21. The molecule has 11 heavy (non-hydrogen) atoms. The molecule has 1 aromatic carbocycles. The second-order valence-corrected chi connectivity index (χ2v) is 2.63. The van der Waals surface area contributed by atoms with E-state index < -0.39 is 0 Å². The Kier molecular flexibility index (Phi) is 1.22. The average molecular weight is 149 g/mol. The maximum absolute atomic E-state index is 12.7. The summed E-state index contributed by atoms with van der Waals surface area (Å²) in [5, 5.41) is 1.08. The van der Waals surface area contributed by atoms with E-state index in [1.54, 1.807) is 6.07 Å². The smallest absolute Gasteiger partial charge is 0.125 e. The van der Waals surface area contributed by atoms with Gasteiger partial charge in [-0.15, -0.1) is 0 Å². The summed E-state index contributed by atoms with van der Waals surface area (Å²) in [7, 11) is 1.90. The van der Waals surface area contributed by atoms with Crippen molar-refractivity contribution in [1.82, 2.24) is 4.57 Å². The molecule has 0 saturated carbocycles. The van der Waals surface area contributed by atoms with E-state index in [1.807, 2.05) is 23.9 Å². The largest absolute Gasteiger partial charge is 0.350 e. The summed E-state index contributed by atoms with van der Waals surface area (Å²) in [6, 6.07) is 6.76. The lowest BCUT2D eigenvalue weighted by Gasteiger charge is -1.94. The van der Waals surface area contributed by atoms with Crippen LogP contribution in [0, 0.1) is 5.82 Å². The predicted octanol–water partition coefficient (Wildman–Crippen LogP) is 2.32. The first-order valence-electron chi connectivity index (χ1n) is 3.48. The van der Waals surface area contributed by atoms with Crippen LogP contribution in [0.25, 0.3) is 10.9 Å². The monoisotopic (exact) mass is 149 g/mol. The van der Waals surface area contributed by atoms with Crippen molar-refractivity contribution in [2.24, 2.45) is 7.05 Å². The molecule has 2 heteroatoms. The quantitative estimate of drug-likeness (QED) is 0.541. The summed E-state index contributed by atoms with van der Waals surface area (Å²) in [6.45, 7) is 0. The number of aryl methyl sites for hydroxylation is 1. The summed E-state index contributed by atoms with van der Waals surface area (Å²) in [4.78, 5) is 0. The van der Waals surface area contributed by atoms with Crippen LogP contribution in [0.2, 0.25) is 0 Å². The van der Waals surface area contributed by atoms with Crippen molar-refractivity contribution in [1.29, 1.82) is 0 Å². The maximum Gasteiger partial charge on any atom is 0.125 e. The van der Waals surface area contributed by atoms with Crippen molar-refractivity contribution in [2.45, 2.75) is 0 Å². The topological polar surface area (TPSA) is 4.93 Å². The summed E-state index contributed by atoms with van der Waals surface area (Å²) in [5.41, 5.74) is 0.935. The number of rotatable bonds is 0. The van der Waals surface area contributed by atoms with Gasteiger partial charge < -0.3 is 4.57 Å². The molecule has 0 spiro atoms. The lowest BCUT2D eigenvalue weighted by molar-refractivity contribution is 0.629. The minimum atomic E-state index is -0.181. The lowest BCUT2D eigenvalue weighted by Crippen LogP contribution is -1.83. The third-order valence-electron chi connectivity index (χ3n) is 1.85. The maximum atomic E-state index is 12.7. The highest BCUT2D eigenvalue weighted by atomic mass is 19.1. The number of benzene rings is 1. The molecule has 0 aliphatic rings. The molecule has 0 N–H and O–H groups in total. The molecule has 0 amide bonds. The third kappa shape index (κ3) is 0.909. The highest BCUT2D eigenvalue weighted by Crippen LogP contribution is 2.15. The van der Waals surface area contributed by atoms with Gasteiger partial charge in [0.05, 0.1) is 5.52 Å². The van der Waals surface area contributed by atoms with E-state index in [4.69, 9.17) is 0 Å². The molecule has 0 aliphatic carbocycles. The van der Waals surface area contributed by atoms with E-state index in [-0.39, 0.29) is 5.82 Å². The predicted molar refractivity (Wildman–Crippen MR) is 42.9 cm³/mol. The fraction of sp³-hybridized carbons (Fsp3) is 0.111. The summed E-state index contributed by atoms with van der Waals surface area (Å²) >= 11 is 0.